The Kier molecular flexibility index (Phi) is 9.41. The van der Waals surface area contributed by atoms with E-state index in [1.807, 2.05) is 84.9 Å². The number of nitrogens with one attached hydrogen (secondary N) is 2. The molecule has 7 aromatic carbocycles. The number of carbonyl (C=O) groups excluding carboxylic acids is 6. The van der Waals surface area contributed by atoms with Crippen LogP contribution in [-0.4, -0.2) is 46.5 Å². The van der Waals surface area contributed by atoms with Crippen LogP contribution in [0, 0.1) is 0 Å². The van der Waals surface area contributed by atoms with Crippen molar-refractivity contribution in [3.05, 3.63) is 203 Å². The molecule has 0 bridgehead atoms. The van der Waals surface area contributed by atoms with Crippen molar-refractivity contribution in [2.24, 2.45) is 0 Å². The molecule has 3 N–H and O–H groups in total. The minimum Gasteiger partial charge on any atom is -0.478 e. The lowest BCUT2D eigenvalue weighted by Gasteiger charge is -2.18. The van der Waals surface area contributed by atoms with Crippen molar-refractivity contribution in [1.82, 2.24) is 0 Å². The van der Waals surface area contributed by atoms with Gasteiger partial charge in [-0.05, 0) is 77.9 Å². The number of fused-ring (bicyclic) bond motifs is 2. The van der Waals surface area contributed by atoms with Gasteiger partial charge >= 0.3 is 5.97 Å². The number of hydrogen-bond acceptors (Lipinski definition) is 7. The van der Waals surface area contributed by atoms with Gasteiger partial charge in [-0.2, -0.15) is 0 Å². The predicted molar refractivity (Wildman–Crippen MR) is 228 cm³/mol. The molecule has 0 spiro atoms. The van der Waals surface area contributed by atoms with Crippen LogP contribution >= 0.6 is 0 Å². The summed E-state index contributed by atoms with van der Waals surface area (Å²) in [5, 5.41) is 15.2. The third kappa shape index (κ3) is 6.79. The van der Waals surface area contributed by atoms with Crippen molar-refractivity contribution in [3.8, 4) is 22.3 Å². The predicted octanol–water partition coefficient (Wildman–Crippen LogP) is 8.82. The Labute approximate surface area is 347 Å². The molecule has 61 heavy (non-hydrogen) atoms. The molecule has 0 unspecified atom stereocenters. The molecule has 2 aliphatic heterocycles. The molecule has 12 nitrogen and oxygen atoms in total. The molecule has 0 saturated heterocycles. The van der Waals surface area contributed by atoms with E-state index in [1.54, 1.807) is 24.3 Å². The van der Waals surface area contributed by atoms with E-state index >= 15 is 0 Å². The summed E-state index contributed by atoms with van der Waals surface area (Å²) in [4.78, 5) is 96.3. The second-order valence-corrected chi connectivity index (χ2v) is 14.2. The molecular weight excluding hydrogens is 773 g/mol. The molecule has 0 atom stereocenters. The average Bonchev–Trinajstić information content (AvgIpc) is 3.69. The highest BCUT2D eigenvalue weighted by Gasteiger charge is 2.39. The summed E-state index contributed by atoms with van der Waals surface area (Å²) in [7, 11) is 0. The zero-order valence-electron chi connectivity index (χ0n) is 31.8. The molecule has 2 heterocycles. The largest absolute Gasteiger partial charge is 0.478 e. The van der Waals surface area contributed by atoms with Gasteiger partial charge in [0, 0.05) is 33.6 Å². The number of imide groups is 2. The molecule has 7 aromatic rings. The lowest BCUT2D eigenvalue weighted by molar-refractivity contribution is 0.0695. The lowest BCUT2D eigenvalue weighted by atomic mass is 10.0. The number of aromatic carboxylic acids is 1. The number of carboxylic acid groups (broad SMARTS) is 1. The molecule has 0 radical (unpaired) electrons. The van der Waals surface area contributed by atoms with Gasteiger partial charge in [-0.3, -0.25) is 28.8 Å². The number of hydrogen-bond donors (Lipinski definition) is 3. The first kappa shape index (κ1) is 37.8. The highest BCUT2D eigenvalue weighted by Crippen LogP contribution is 2.38. The van der Waals surface area contributed by atoms with Crippen LogP contribution in [0.3, 0.4) is 0 Å². The van der Waals surface area contributed by atoms with E-state index in [1.165, 1.54) is 54.6 Å². The van der Waals surface area contributed by atoms with Crippen LogP contribution in [0.1, 0.15) is 72.5 Å². The third-order valence-electron chi connectivity index (χ3n) is 10.5. The Balaban J connectivity index is 0.943. The van der Waals surface area contributed by atoms with E-state index < -0.39 is 41.4 Å². The number of anilines is 4. The summed E-state index contributed by atoms with van der Waals surface area (Å²) < 4.78 is 0. The van der Waals surface area contributed by atoms with Gasteiger partial charge in [-0.1, -0.05) is 97.1 Å². The number of amides is 6. The summed E-state index contributed by atoms with van der Waals surface area (Å²) in [6, 6.07) is 44.6. The van der Waals surface area contributed by atoms with Crippen LogP contribution < -0.4 is 20.4 Å². The van der Waals surface area contributed by atoms with Gasteiger partial charge in [-0.15, -0.1) is 0 Å². The molecule has 294 valence electrons. The van der Waals surface area contributed by atoms with E-state index in [9.17, 15) is 38.7 Å². The maximum Gasteiger partial charge on any atom is 0.335 e. The van der Waals surface area contributed by atoms with Gasteiger partial charge in [0.05, 0.1) is 39.2 Å². The van der Waals surface area contributed by atoms with Gasteiger partial charge in [-0.25, -0.2) is 14.6 Å². The Morgan fingerprint density at radius 1 is 0.377 bits per heavy atom. The van der Waals surface area contributed by atoms with Crippen LogP contribution in [0.4, 0.5) is 22.7 Å². The molecule has 12 heteroatoms. The maximum absolute atomic E-state index is 13.8. The van der Waals surface area contributed by atoms with E-state index in [0.29, 0.717) is 22.5 Å². The maximum atomic E-state index is 13.8. The first-order valence-electron chi connectivity index (χ1n) is 18.9. The highest BCUT2D eigenvalue weighted by atomic mass is 16.4. The van der Waals surface area contributed by atoms with Crippen molar-refractivity contribution in [2.45, 2.75) is 0 Å². The summed E-state index contributed by atoms with van der Waals surface area (Å²) in [5.74, 6) is -5.10. The summed E-state index contributed by atoms with van der Waals surface area (Å²) in [6.45, 7) is 0. The van der Waals surface area contributed by atoms with Crippen LogP contribution in [-0.2, 0) is 0 Å². The van der Waals surface area contributed by atoms with E-state index in [-0.39, 0.29) is 50.3 Å². The fourth-order valence-corrected chi connectivity index (χ4v) is 7.56. The summed E-state index contributed by atoms with van der Waals surface area (Å²) in [6.07, 6.45) is 0. The van der Waals surface area contributed by atoms with Crippen LogP contribution in [0.15, 0.2) is 164 Å². The molecule has 2 aliphatic rings. The molecule has 0 aromatic heterocycles. The number of carbonyl (C=O) groups is 7. The number of para-hydroxylation sites is 2. The average molecular weight is 803 g/mol. The lowest BCUT2D eigenvalue weighted by Crippen LogP contribution is -2.29. The third-order valence-corrected chi connectivity index (χ3v) is 10.5. The summed E-state index contributed by atoms with van der Waals surface area (Å²) >= 11 is 0. The molecular formula is C49H30N4O8. The van der Waals surface area contributed by atoms with Crippen LogP contribution in [0.25, 0.3) is 22.3 Å². The number of rotatable bonds is 9. The van der Waals surface area contributed by atoms with E-state index in [2.05, 4.69) is 10.6 Å². The van der Waals surface area contributed by atoms with Crippen LogP contribution in [0.5, 0.6) is 0 Å². The number of benzene rings is 7. The highest BCUT2D eigenvalue weighted by molar-refractivity contribution is 6.36. The monoisotopic (exact) mass is 802 g/mol. The Hall–Kier alpha value is -8.77. The second kappa shape index (κ2) is 15.2. The number of carboxylic acids is 1. The minimum absolute atomic E-state index is 0.00367. The normalized spacial score (nSPS) is 12.9. The molecule has 6 amide bonds. The molecule has 9 rings (SSSR count). The van der Waals surface area contributed by atoms with Gasteiger partial charge in [0.25, 0.3) is 35.4 Å². The van der Waals surface area contributed by atoms with Gasteiger partial charge in [0.2, 0.25) is 0 Å². The topological polar surface area (TPSA) is 170 Å². The van der Waals surface area contributed by atoms with Crippen molar-refractivity contribution >= 4 is 64.2 Å². The van der Waals surface area contributed by atoms with E-state index in [0.717, 1.165) is 20.9 Å². The Bertz CT molecular complexity index is 2840. The van der Waals surface area contributed by atoms with Gasteiger partial charge in [0.15, 0.2) is 0 Å². The van der Waals surface area contributed by atoms with Crippen molar-refractivity contribution in [3.63, 3.8) is 0 Å². The summed E-state index contributed by atoms with van der Waals surface area (Å²) in [5.41, 5.74) is 3.77. The first-order valence-corrected chi connectivity index (χ1v) is 18.9. The number of nitrogens with zero attached hydrogens (tertiary/aromatic N) is 2. The minimum atomic E-state index is -1.35. The second-order valence-electron chi connectivity index (χ2n) is 14.2. The quantitative estimate of drug-likeness (QED) is 0.122. The smallest absolute Gasteiger partial charge is 0.335 e. The fourth-order valence-electron chi connectivity index (χ4n) is 7.56. The van der Waals surface area contributed by atoms with Gasteiger partial charge in [0.1, 0.15) is 0 Å². The molecule has 0 fully saturated rings. The van der Waals surface area contributed by atoms with Crippen LogP contribution in [0.2, 0.25) is 0 Å². The van der Waals surface area contributed by atoms with Crippen molar-refractivity contribution < 1.29 is 38.7 Å². The van der Waals surface area contributed by atoms with E-state index in [4.69, 9.17) is 0 Å². The van der Waals surface area contributed by atoms with Gasteiger partial charge < -0.3 is 15.7 Å². The standard InChI is InChI=1S/C49H30N4O8/c54-43(30-19-21-37-39(25-30)47(58)52(45(37)56)41-17-9-7-15-35(41)28-11-3-1-4-12-28)50-33-23-32(49(60)61)24-34(27-33)51-44(55)31-20-22-38-40(26-31)48(59)53(46(38)57)42-18-10-8-16-36(42)29-13-5-2-6-14-29/h1-27H,(H,50,54)(H,51,55)(H,60,61). The molecule has 0 saturated carbocycles. The SMILES string of the molecule is O=C(O)c1cc(NC(=O)c2ccc3c(c2)C(=O)N(c2ccccc2-c2ccccc2)C3=O)cc(NC(=O)c2ccc3c(c2)C(=O)N(c2ccccc2-c2ccccc2)C3=O)c1. The fraction of sp³-hybridized carbons (Fsp3) is 0. The van der Waals surface area contributed by atoms with Crippen molar-refractivity contribution in [2.75, 3.05) is 20.4 Å². The Morgan fingerprint density at radius 2 is 0.754 bits per heavy atom. The zero-order chi connectivity index (χ0) is 42.4. The van der Waals surface area contributed by atoms with Crippen molar-refractivity contribution in [1.29, 1.82) is 0 Å². The Morgan fingerprint density at radius 3 is 1.16 bits per heavy atom. The zero-order valence-corrected chi connectivity index (χ0v) is 31.8. The first-order chi connectivity index (χ1) is 29.6. The molecule has 0 aliphatic carbocycles.